The maximum atomic E-state index is 13.1. The van der Waals surface area contributed by atoms with E-state index in [0.29, 0.717) is 50.5 Å². The highest BCUT2D eigenvalue weighted by Gasteiger charge is 2.38. The number of carbonyl (C=O) groups is 3. The molecule has 174 valence electrons. The van der Waals surface area contributed by atoms with Gasteiger partial charge in [-0.1, -0.05) is 29.8 Å². The topological polar surface area (TPSA) is 79.0 Å². The van der Waals surface area contributed by atoms with Crippen LogP contribution in [-0.4, -0.2) is 48.9 Å². The van der Waals surface area contributed by atoms with Gasteiger partial charge in [-0.15, -0.1) is 0 Å². The number of carbonyl (C=O) groups excluding carboxylic acids is 3. The second-order valence-electron chi connectivity index (χ2n) is 8.76. The molecule has 2 saturated heterocycles. The largest absolute Gasteiger partial charge is 0.492 e. The van der Waals surface area contributed by atoms with Gasteiger partial charge in [0.15, 0.2) is 0 Å². The van der Waals surface area contributed by atoms with Crippen LogP contribution < -0.4 is 15.0 Å². The number of anilines is 2. The SMILES string of the molecule is CCOc1ccccc1NC(=O)C1CCN(C(=O)[C@@H]2CC(=O)N(c3ccc(C)cc3)C2)CC1. The molecule has 2 aliphatic rings. The van der Waals surface area contributed by atoms with E-state index in [9.17, 15) is 14.4 Å². The minimum atomic E-state index is -0.331. The van der Waals surface area contributed by atoms with Crippen molar-refractivity contribution in [3.63, 3.8) is 0 Å². The van der Waals surface area contributed by atoms with E-state index in [0.717, 1.165) is 11.3 Å². The summed E-state index contributed by atoms with van der Waals surface area (Å²) >= 11 is 0. The average Bonchev–Trinajstić information content (AvgIpc) is 3.22. The first kappa shape index (κ1) is 22.8. The number of piperidine rings is 1. The number of amides is 3. The Morgan fingerprint density at radius 2 is 1.73 bits per heavy atom. The van der Waals surface area contributed by atoms with Crippen molar-refractivity contribution in [2.24, 2.45) is 11.8 Å². The second-order valence-corrected chi connectivity index (χ2v) is 8.76. The lowest BCUT2D eigenvalue weighted by Crippen LogP contribution is -2.44. The summed E-state index contributed by atoms with van der Waals surface area (Å²) in [5, 5.41) is 2.98. The van der Waals surface area contributed by atoms with Gasteiger partial charge in [0, 0.05) is 37.7 Å². The highest BCUT2D eigenvalue weighted by atomic mass is 16.5. The Morgan fingerprint density at radius 1 is 1.03 bits per heavy atom. The fourth-order valence-corrected chi connectivity index (χ4v) is 4.55. The fraction of sp³-hybridized carbons (Fsp3) is 0.423. The molecule has 2 aromatic rings. The van der Waals surface area contributed by atoms with Crippen molar-refractivity contribution in [3.8, 4) is 5.75 Å². The summed E-state index contributed by atoms with van der Waals surface area (Å²) < 4.78 is 5.59. The predicted octanol–water partition coefficient (Wildman–Crippen LogP) is 3.62. The fourth-order valence-electron chi connectivity index (χ4n) is 4.55. The van der Waals surface area contributed by atoms with Crippen molar-refractivity contribution in [3.05, 3.63) is 54.1 Å². The van der Waals surface area contributed by atoms with Gasteiger partial charge in [0.2, 0.25) is 17.7 Å². The molecule has 0 saturated carbocycles. The zero-order chi connectivity index (χ0) is 23.4. The number of benzene rings is 2. The molecular weight excluding hydrogens is 418 g/mol. The molecule has 1 N–H and O–H groups in total. The number of nitrogens with one attached hydrogen (secondary N) is 1. The first-order valence-electron chi connectivity index (χ1n) is 11.6. The molecule has 2 fully saturated rings. The third-order valence-electron chi connectivity index (χ3n) is 6.44. The van der Waals surface area contributed by atoms with Crippen LogP contribution in [0.2, 0.25) is 0 Å². The van der Waals surface area contributed by atoms with Gasteiger partial charge >= 0.3 is 0 Å². The number of rotatable bonds is 6. The van der Waals surface area contributed by atoms with Crippen LogP contribution in [0.4, 0.5) is 11.4 Å². The number of hydrogen-bond donors (Lipinski definition) is 1. The lowest BCUT2D eigenvalue weighted by Gasteiger charge is -2.33. The molecule has 0 aliphatic carbocycles. The molecule has 0 radical (unpaired) electrons. The predicted molar refractivity (Wildman–Crippen MR) is 127 cm³/mol. The van der Waals surface area contributed by atoms with Gasteiger partial charge in [0.25, 0.3) is 0 Å². The van der Waals surface area contributed by atoms with Crippen LogP contribution in [0.3, 0.4) is 0 Å². The molecule has 0 spiro atoms. The van der Waals surface area contributed by atoms with E-state index < -0.39 is 0 Å². The maximum Gasteiger partial charge on any atom is 0.228 e. The number of likely N-dealkylation sites (tertiary alicyclic amines) is 1. The summed E-state index contributed by atoms with van der Waals surface area (Å²) in [7, 11) is 0. The summed E-state index contributed by atoms with van der Waals surface area (Å²) in [4.78, 5) is 42.0. The maximum absolute atomic E-state index is 13.1. The summed E-state index contributed by atoms with van der Waals surface area (Å²) in [5.41, 5.74) is 2.64. The number of para-hydroxylation sites is 2. The van der Waals surface area contributed by atoms with Gasteiger partial charge in [-0.3, -0.25) is 14.4 Å². The number of hydrogen-bond acceptors (Lipinski definition) is 4. The molecule has 0 bridgehead atoms. The summed E-state index contributed by atoms with van der Waals surface area (Å²) in [6, 6.07) is 15.2. The molecule has 7 nitrogen and oxygen atoms in total. The van der Waals surface area contributed by atoms with Gasteiger partial charge in [0.05, 0.1) is 18.2 Å². The standard InChI is InChI=1S/C26H31N3O4/c1-3-33-23-7-5-4-6-22(23)27-25(31)19-12-14-28(15-13-19)26(32)20-16-24(30)29(17-20)21-10-8-18(2)9-11-21/h4-11,19-20H,3,12-17H2,1-2H3,(H,27,31)/t20-/m1/s1. The second kappa shape index (κ2) is 10.1. The Morgan fingerprint density at radius 3 is 2.42 bits per heavy atom. The quantitative estimate of drug-likeness (QED) is 0.731. The van der Waals surface area contributed by atoms with E-state index in [1.807, 2.05) is 67.3 Å². The molecule has 4 rings (SSSR count). The summed E-state index contributed by atoms with van der Waals surface area (Å²) in [6.45, 7) is 5.90. The third-order valence-corrected chi connectivity index (χ3v) is 6.44. The normalized spacial score (nSPS) is 19.0. The smallest absolute Gasteiger partial charge is 0.228 e. The van der Waals surface area contributed by atoms with Gasteiger partial charge in [-0.05, 0) is 51.0 Å². The van der Waals surface area contributed by atoms with Crippen LogP contribution in [0.15, 0.2) is 48.5 Å². The highest BCUT2D eigenvalue weighted by Crippen LogP contribution is 2.29. The van der Waals surface area contributed by atoms with E-state index in [1.165, 1.54) is 0 Å². The molecule has 0 unspecified atom stereocenters. The first-order chi connectivity index (χ1) is 16.0. The first-order valence-corrected chi connectivity index (χ1v) is 11.6. The van der Waals surface area contributed by atoms with Crippen LogP contribution in [-0.2, 0) is 14.4 Å². The van der Waals surface area contributed by atoms with E-state index in [1.54, 1.807) is 4.90 Å². The molecule has 1 atom stereocenters. The Balaban J connectivity index is 1.31. The van der Waals surface area contributed by atoms with E-state index in [2.05, 4.69) is 5.32 Å². The minimum Gasteiger partial charge on any atom is -0.492 e. The minimum absolute atomic E-state index is 0.0125. The van der Waals surface area contributed by atoms with Gasteiger partial charge in [-0.2, -0.15) is 0 Å². The number of nitrogens with zero attached hydrogens (tertiary/aromatic N) is 2. The molecule has 3 amide bonds. The van der Waals surface area contributed by atoms with Crippen molar-refractivity contribution < 1.29 is 19.1 Å². The lowest BCUT2D eigenvalue weighted by atomic mass is 9.94. The van der Waals surface area contributed by atoms with Crippen LogP contribution in [0.1, 0.15) is 31.7 Å². The van der Waals surface area contributed by atoms with Gasteiger partial charge in [-0.25, -0.2) is 0 Å². The zero-order valence-electron chi connectivity index (χ0n) is 19.3. The van der Waals surface area contributed by atoms with Crippen molar-refractivity contribution in [1.29, 1.82) is 0 Å². The molecule has 7 heteroatoms. The summed E-state index contributed by atoms with van der Waals surface area (Å²) in [6.07, 6.45) is 1.45. The van der Waals surface area contributed by atoms with Crippen LogP contribution in [0, 0.1) is 18.8 Å². The van der Waals surface area contributed by atoms with Crippen molar-refractivity contribution in [2.45, 2.75) is 33.1 Å². The lowest BCUT2D eigenvalue weighted by molar-refractivity contribution is -0.138. The average molecular weight is 450 g/mol. The molecule has 33 heavy (non-hydrogen) atoms. The van der Waals surface area contributed by atoms with Crippen molar-refractivity contribution in [1.82, 2.24) is 4.90 Å². The highest BCUT2D eigenvalue weighted by molar-refractivity contribution is 6.00. The van der Waals surface area contributed by atoms with Crippen molar-refractivity contribution in [2.75, 3.05) is 36.5 Å². The third kappa shape index (κ3) is 5.18. The molecular formula is C26H31N3O4. The molecule has 0 aromatic heterocycles. The van der Waals surface area contributed by atoms with E-state index >= 15 is 0 Å². The summed E-state index contributed by atoms with van der Waals surface area (Å²) in [5.74, 6) is 0.124. The Labute approximate surface area is 194 Å². The van der Waals surface area contributed by atoms with Crippen LogP contribution in [0.25, 0.3) is 0 Å². The van der Waals surface area contributed by atoms with Crippen molar-refractivity contribution >= 4 is 29.1 Å². The zero-order valence-corrected chi connectivity index (χ0v) is 19.3. The van der Waals surface area contributed by atoms with Crippen LogP contribution in [0.5, 0.6) is 5.75 Å². The molecule has 2 heterocycles. The van der Waals surface area contributed by atoms with Gasteiger partial charge in [0.1, 0.15) is 5.75 Å². The van der Waals surface area contributed by atoms with E-state index in [4.69, 9.17) is 4.74 Å². The van der Waals surface area contributed by atoms with E-state index in [-0.39, 0.29) is 36.0 Å². The Bertz CT molecular complexity index is 1010. The number of aryl methyl sites for hydroxylation is 1. The molecule has 2 aliphatic heterocycles. The van der Waals surface area contributed by atoms with Crippen LogP contribution >= 0.6 is 0 Å². The molecule has 2 aromatic carbocycles. The Hall–Kier alpha value is -3.35. The van der Waals surface area contributed by atoms with Gasteiger partial charge < -0.3 is 19.9 Å². The Kier molecular flexibility index (Phi) is 6.96. The monoisotopic (exact) mass is 449 g/mol. The number of ether oxygens (including phenoxy) is 1.